The van der Waals surface area contributed by atoms with Gasteiger partial charge in [-0.15, -0.1) is 0 Å². The van der Waals surface area contributed by atoms with Crippen LogP contribution >= 0.6 is 0 Å². The first-order valence-corrected chi connectivity index (χ1v) is 11.3. The summed E-state index contributed by atoms with van der Waals surface area (Å²) in [6.45, 7) is 3.62. The lowest BCUT2D eigenvalue weighted by Gasteiger charge is -2.11. The van der Waals surface area contributed by atoms with E-state index in [0.29, 0.717) is 22.5 Å². The second-order valence-corrected chi connectivity index (χ2v) is 8.32. The van der Waals surface area contributed by atoms with E-state index in [1.54, 1.807) is 55.1 Å². The summed E-state index contributed by atoms with van der Waals surface area (Å²) in [6.07, 6.45) is 1.43. The number of hydrogen-bond acceptors (Lipinski definition) is 3. The van der Waals surface area contributed by atoms with Gasteiger partial charge in [-0.25, -0.2) is 9.07 Å². The quantitative estimate of drug-likeness (QED) is 0.399. The summed E-state index contributed by atoms with van der Waals surface area (Å²) in [6, 6.07) is 21.4. The van der Waals surface area contributed by atoms with Crippen LogP contribution in [0.1, 0.15) is 27.2 Å². The molecule has 0 aliphatic rings. The lowest BCUT2D eigenvalue weighted by molar-refractivity contribution is -0.113. The van der Waals surface area contributed by atoms with E-state index in [4.69, 9.17) is 0 Å². The molecule has 36 heavy (non-hydrogen) atoms. The van der Waals surface area contributed by atoms with Gasteiger partial charge in [0.2, 0.25) is 0 Å². The van der Waals surface area contributed by atoms with Gasteiger partial charge in [0.25, 0.3) is 17.4 Å². The van der Waals surface area contributed by atoms with E-state index in [1.807, 2.05) is 25.1 Å². The fourth-order valence-electron chi connectivity index (χ4n) is 3.68. The highest BCUT2D eigenvalue weighted by atomic mass is 19.1. The van der Waals surface area contributed by atoms with Gasteiger partial charge in [0, 0.05) is 12.6 Å². The second kappa shape index (κ2) is 10.3. The number of amides is 2. The molecule has 7 nitrogen and oxygen atoms in total. The van der Waals surface area contributed by atoms with Gasteiger partial charge >= 0.3 is 0 Å². The van der Waals surface area contributed by atoms with Gasteiger partial charge in [-0.05, 0) is 61.9 Å². The standard InChI is InChI=1S/C28H25FN4O3/c1-18-9-13-21(14-10-18)26(34)30-24(17-20-11-15-22(29)16-12-20)27(35)31-25-19(2)32(3)33(28(25)36)23-7-5-4-6-8-23/h4-17H,1-3H3,(H,30,34)(H,31,35). The summed E-state index contributed by atoms with van der Waals surface area (Å²) >= 11 is 0. The number of aromatic nitrogens is 2. The molecule has 8 heteroatoms. The Morgan fingerprint density at radius 2 is 1.53 bits per heavy atom. The maximum Gasteiger partial charge on any atom is 0.295 e. The predicted octanol–water partition coefficient (Wildman–Crippen LogP) is 4.34. The number of nitrogens with one attached hydrogen (secondary N) is 2. The molecule has 4 rings (SSSR count). The number of anilines is 1. The molecule has 1 aromatic heterocycles. The van der Waals surface area contributed by atoms with Crippen LogP contribution in [0.5, 0.6) is 0 Å². The van der Waals surface area contributed by atoms with Crippen LogP contribution in [0.3, 0.4) is 0 Å². The number of carbonyl (C=O) groups is 2. The van der Waals surface area contributed by atoms with Gasteiger partial charge in [0.1, 0.15) is 17.2 Å². The number of aryl methyl sites for hydroxylation is 1. The third kappa shape index (κ3) is 5.17. The normalized spacial score (nSPS) is 11.3. The Hall–Kier alpha value is -4.72. The molecule has 1 heterocycles. The Kier molecular flexibility index (Phi) is 6.96. The fraction of sp³-hybridized carbons (Fsp3) is 0.107. The number of hydrogen-bond donors (Lipinski definition) is 2. The Morgan fingerprint density at radius 1 is 0.889 bits per heavy atom. The van der Waals surface area contributed by atoms with E-state index >= 15 is 0 Å². The molecule has 0 atom stereocenters. The zero-order chi connectivity index (χ0) is 25.8. The zero-order valence-electron chi connectivity index (χ0n) is 20.1. The van der Waals surface area contributed by atoms with Crippen molar-refractivity contribution in [3.05, 3.63) is 123 Å². The van der Waals surface area contributed by atoms with E-state index in [9.17, 15) is 18.8 Å². The van der Waals surface area contributed by atoms with Gasteiger partial charge in [-0.3, -0.25) is 19.1 Å². The van der Waals surface area contributed by atoms with Crippen LogP contribution in [0.2, 0.25) is 0 Å². The average Bonchev–Trinajstić information content (AvgIpc) is 3.08. The number of para-hydroxylation sites is 1. The van der Waals surface area contributed by atoms with E-state index in [0.717, 1.165) is 5.56 Å². The van der Waals surface area contributed by atoms with Crippen LogP contribution in [-0.4, -0.2) is 21.2 Å². The van der Waals surface area contributed by atoms with Crippen LogP contribution in [0.15, 0.2) is 89.4 Å². The van der Waals surface area contributed by atoms with Crippen molar-refractivity contribution in [2.24, 2.45) is 7.05 Å². The zero-order valence-corrected chi connectivity index (χ0v) is 20.1. The monoisotopic (exact) mass is 484 g/mol. The molecule has 0 bridgehead atoms. The summed E-state index contributed by atoms with van der Waals surface area (Å²) in [5.41, 5.74) is 2.59. The van der Waals surface area contributed by atoms with E-state index < -0.39 is 23.2 Å². The molecule has 0 fully saturated rings. The largest absolute Gasteiger partial charge is 0.317 e. The van der Waals surface area contributed by atoms with Crippen molar-refractivity contribution in [3.63, 3.8) is 0 Å². The van der Waals surface area contributed by atoms with Gasteiger partial charge in [-0.1, -0.05) is 48.0 Å². The average molecular weight is 485 g/mol. The lowest BCUT2D eigenvalue weighted by atomic mass is 10.1. The first-order chi connectivity index (χ1) is 17.2. The number of carbonyl (C=O) groups excluding carboxylic acids is 2. The maximum absolute atomic E-state index is 13.4. The Bertz CT molecular complexity index is 1500. The Labute approximate surface area is 207 Å². The number of rotatable bonds is 6. The molecule has 3 aromatic carbocycles. The first kappa shape index (κ1) is 24.4. The second-order valence-electron chi connectivity index (χ2n) is 8.32. The van der Waals surface area contributed by atoms with Gasteiger partial charge < -0.3 is 10.6 Å². The van der Waals surface area contributed by atoms with Crippen LogP contribution < -0.4 is 16.2 Å². The van der Waals surface area contributed by atoms with Crippen molar-refractivity contribution in [1.29, 1.82) is 0 Å². The molecule has 0 radical (unpaired) electrons. The molecule has 0 aliphatic carbocycles. The minimum absolute atomic E-state index is 0.0842. The highest BCUT2D eigenvalue weighted by molar-refractivity contribution is 6.10. The Morgan fingerprint density at radius 3 is 2.17 bits per heavy atom. The third-order valence-electron chi connectivity index (χ3n) is 5.78. The van der Waals surface area contributed by atoms with Crippen molar-refractivity contribution in [1.82, 2.24) is 14.7 Å². The topological polar surface area (TPSA) is 85.1 Å². The summed E-state index contributed by atoms with van der Waals surface area (Å²) in [5, 5.41) is 5.29. The summed E-state index contributed by atoms with van der Waals surface area (Å²) in [4.78, 5) is 39.4. The molecule has 0 saturated heterocycles. The van der Waals surface area contributed by atoms with Crippen molar-refractivity contribution >= 4 is 23.6 Å². The van der Waals surface area contributed by atoms with Crippen LogP contribution in [0, 0.1) is 19.7 Å². The molecule has 2 N–H and O–H groups in total. The van der Waals surface area contributed by atoms with Crippen LogP contribution in [0.4, 0.5) is 10.1 Å². The number of nitrogens with zero attached hydrogens (tertiary/aromatic N) is 2. The fourth-order valence-corrected chi connectivity index (χ4v) is 3.68. The van der Waals surface area contributed by atoms with E-state index in [-0.39, 0.29) is 11.4 Å². The molecule has 0 unspecified atom stereocenters. The molecule has 182 valence electrons. The van der Waals surface area contributed by atoms with Crippen molar-refractivity contribution in [2.75, 3.05) is 5.32 Å². The highest BCUT2D eigenvalue weighted by Gasteiger charge is 2.21. The highest BCUT2D eigenvalue weighted by Crippen LogP contribution is 2.16. The molecular weight excluding hydrogens is 459 g/mol. The van der Waals surface area contributed by atoms with Crippen LogP contribution in [-0.2, 0) is 11.8 Å². The molecule has 0 aliphatic heterocycles. The maximum atomic E-state index is 13.4. The van der Waals surface area contributed by atoms with Crippen molar-refractivity contribution < 1.29 is 14.0 Å². The number of benzene rings is 3. The molecule has 2 amide bonds. The van der Waals surface area contributed by atoms with E-state index in [1.165, 1.54) is 35.0 Å². The molecule has 0 saturated carbocycles. The SMILES string of the molecule is Cc1ccc(C(=O)NC(=Cc2ccc(F)cc2)C(=O)Nc2c(C)n(C)n(-c3ccccc3)c2=O)cc1. The third-order valence-corrected chi connectivity index (χ3v) is 5.78. The predicted molar refractivity (Wildman–Crippen MR) is 137 cm³/mol. The van der Waals surface area contributed by atoms with Crippen LogP contribution in [0.25, 0.3) is 11.8 Å². The van der Waals surface area contributed by atoms with Crippen molar-refractivity contribution in [3.8, 4) is 5.69 Å². The minimum atomic E-state index is -0.689. The van der Waals surface area contributed by atoms with Gasteiger partial charge in [0.15, 0.2) is 0 Å². The van der Waals surface area contributed by atoms with Crippen molar-refractivity contribution in [2.45, 2.75) is 13.8 Å². The van der Waals surface area contributed by atoms with Gasteiger partial charge in [-0.2, -0.15) is 0 Å². The number of halogens is 1. The molecule has 0 spiro atoms. The smallest absolute Gasteiger partial charge is 0.295 e. The Balaban J connectivity index is 1.69. The molecule has 4 aromatic rings. The summed E-state index contributed by atoms with van der Waals surface area (Å²) in [5.74, 6) is -1.61. The summed E-state index contributed by atoms with van der Waals surface area (Å²) < 4.78 is 16.5. The van der Waals surface area contributed by atoms with E-state index in [2.05, 4.69) is 10.6 Å². The molecular formula is C28H25FN4O3. The minimum Gasteiger partial charge on any atom is -0.317 e. The first-order valence-electron chi connectivity index (χ1n) is 11.3. The van der Waals surface area contributed by atoms with Gasteiger partial charge in [0.05, 0.1) is 11.4 Å². The summed E-state index contributed by atoms with van der Waals surface area (Å²) in [7, 11) is 1.72. The lowest BCUT2D eigenvalue weighted by Crippen LogP contribution is -2.32.